The molecule has 0 aromatic carbocycles. The van der Waals surface area contributed by atoms with Crippen molar-refractivity contribution in [1.82, 2.24) is 4.98 Å². The van der Waals surface area contributed by atoms with Crippen molar-refractivity contribution in [2.24, 2.45) is 0 Å². The van der Waals surface area contributed by atoms with E-state index in [2.05, 4.69) is 4.98 Å². The first kappa shape index (κ1) is 13.0. The number of nitrogens with zero attached hydrogens (tertiary/aromatic N) is 1. The number of oxazole rings is 1. The predicted octanol–water partition coefficient (Wildman–Crippen LogP) is 3.01. The topological polar surface area (TPSA) is 35.3 Å². The van der Waals surface area contributed by atoms with Crippen LogP contribution in [-0.4, -0.2) is 18.7 Å². The first-order chi connectivity index (χ1) is 7.36. The van der Waals surface area contributed by atoms with Crippen LogP contribution in [-0.2, 0) is 17.3 Å². The van der Waals surface area contributed by atoms with Crippen LogP contribution in [0, 0.1) is 0 Å². The molecule has 6 heteroatoms. The Balaban J connectivity index is 3.01. The molecule has 1 aromatic rings. The summed E-state index contributed by atoms with van der Waals surface area (Å²) in [7, 11) is 1.47. The molecule has 1 rings (SSSR count). The average Bonchev–Trinajstić information content (AvgIpc) is 2.58. The predicted molar refractivity (Wildman–Crippen MR) is 51.2 cm³/mol. The Labute approximate surface area is 91.6 Å². The summed E-state index contributed by atoms with van der Waals surface area (Å²) in [6.45, 7) is 3.56. The van der Waals surface area contributed by atoms with Crippen molar-refractivity contribution in [3.63, 3.8) is 0 Å². The Kier molecular flexibility index (Phi) is 3.96. The molecule has 1 heterocycles. The number of hydrogen-bond donors (Lipinski definition) is 0. The number of aromatic nitrogens is 1. The first-order valence-corrected chi connectivity index (χ1v) is 4.92. The normalized spacial score (nSPS) is 12.4. The number of rotatable bonds is 4. The van der Waals surface area contributed by atoms with E-state index < -0.39 is 11.9 Å². The van der Waals surface area contributed by atoms with E-state index in [9.17, 15) is 13.2 Å². The number of hydrogen-bond acceptors (Lipinski definition) is 3. The third-order valence-corrected chi connectivity index (χ3v) is 2.01. The molecule has 16 heavy (non-hydrogen) atoms. The fraction of sp³-hybridized carbons (Fsp3) is 0.700. The Morgan fingerprint density at radius 1 is 1.38 bits per heavy atom. The zero-order valence-electron chi connectivity index (χ0n) is 9.39. The minimum Gasteiger partial charge on any atom is -0.445 e. The molecular formula is C10H14F3NO2. The molecule has 0 spiro atoms. The summed E-state index contributed by atoms with van der Waals surface area (Å²) < 4.78 is 47.6. The van der Waals surface area contributed by atoms with Gasteiger partial charge in [0.05, 0.1) is 6.61 Å². The van der Waals surface area contributed by atoms with Crippen molar-refractivity contribution in [3.05, 3.63) is 17.3 Å². The lowest BCUT2D eigenvalue weighted by Gasteiger charge is -2.06. The fourth-order valence-corrected chi connectivity index (χ4v) is 1.27. The van der Waals surface area contributed by atoms with Crippen LogP contribution in [0.15, 0.2) is 4.42 Å². The largest absolute Gasteiger partial charge is 0.445 e. The molecule has 0 saturated carbocycles. The van der Waals surface area contributed by atoms with Crippen molar-refractivity contribution in [2.75, 3.05) is 13.7 Å². The third kappa shape index (κ3) is 2.98. The minimum absolute atomic E-state index is 0.0675. The van der Waals surface area contributed by atoms with Crippen LogP contribution < -0.4 is 0 Å². The van der Waals surface area contributed by atoms with E-state index in [-0.39, 0.29) is 30.6 Å². The molecule has 0 aliphatic carbocycles. The maximum Gasteiger partial charge on any atom is 0.436 e. The molecule has 0 radical (unpaired) electrons. The summed E-state index contributed by atoms with van der Waals surface area (Å²) in [6.07, 6.45) is -4.22. The highest BCUT2D eigenvalue weighted by atomic mass is 19.4. The SMILES string of the molecule is COCCc1nc(C(F)(F)F)c(C(C)C)o1. The van der Waals surface area contributed by atoms with Crippen LogP contribution in [0.4, 0.5) is 13.2 Å². The molecule has 0 aliphatic heterocycles. The molecule has 0 N–H and O–H groups in total. The number of methoxy groups -OCH3 is 1. The van der Waals surface area contributed by atoms with E-state index in [4.69, 9.17) is 9.15 Å². The maximum absolute atomic E-state index is 12.6. The van der Waals surface area contributed by atoms with Gasteiger partial charge < -0.3 is 9.15 Å². The summed E-state index contributed by atoms with van der Waals surface area (Å²) in [5.74, 6) is -0.392. The summed E-state index contributed by atoms with van der Waals surface area (Å²) >= 11 is 0. The summed E-state index contributed by atoms with van der Waals surface area (Å²) in [4.78, 5) is 3.47. The highest BCUT2D eigenvalue weighted by molar-refractivity contribution is 5.17. The zero-order valence-corrected chi connectivity index (χ0v) is 9.39. The molecule has 0 unspecified atom stereocenters. The standard InChI is InChI=1S/C10H14F3NO2/c1-6(2)8-9(10(11,12)13)14-7(16-8)4-5-15-3/h6H,4-5H2,1-3H3. The molecule has 1 aromatic heterocycles. The Bertz CT molecular complexity index is 344. The van der Waals surface area contributed by atoms with E-state index >= 15 is 0 Å². The lowest BCUT2D eigenvalue weighted by molar-refractivity contribution is -0.142. The van der Waals surface area contributed by atoms with Gasteiger partial charge in [0.15, 0.2) is 11.6 Å². The van der Waals surface area contributed by atoms with Crippen molar-refractivity contribution in [3.8, 4) is 0 Å². The van der Waals surface area contributed by atoms with Crippen LogP contribution in [0.2, 0.25) is 0 Å². The van der Waals surface area contributed by atoms with E-state index in [0.717, 1.165) is 0 Å². The Morgan fingerprint density at radius 3 is 2.38 bits per heavy atom. The van der Waals surface area contributed by atoms with Crippen LogP contribution in [0.5, 0.6) is 0 Å². The average molecular weight is 237 g/mol. The monoisotopic (exact) mass is 237 g/mol. The van der Waals surface area contributed by atoms with E-state index in [1.165, 1.54) is 7.11 Å². The maximum atomic E-state index is 12.6. The van der Waals surface area contributed by atoms with Crippen molar-refractivity contribution >= 4 is 0 Å². The fourth-order valence-electron chi connectivity index (χ4n) is 1.27. The van der Waals surface area contributed by atoms with Gasteiger partial charge in [-0.05, 0) is 0 Å². The van der Waals surface area contributed by atoms with Gasteiger partial charge >= 0.3 is 6.18 Å². The lowest BCUT2D eigenvalue weighted by Crippen LogP contribution is -2.09. The summed E-state index contributed by atoms with van der Waals surface area (Å²) in [5.41, 5.74) is -0.923. The molecular weight excluding hydrogens is 223 g/mol. The Morgan fingerprint density at radius 2 is 2.00 bits per heavy atom. The quantitative estimate of drug-likeness (QED) is 0.807. The molecule has 0 atom stereocenters. The first-order valence-electron chi connectivity index (χ1n) is 4.92. The van der Waals surface area contributed by atoms with E-state index in [1.807, 2.05) is 0 Å². The van der Waals surface area contributed by atoms with Crippen LogP contribution in [0.3, 0.4) is 0 Å². The smallest absolute Gasteiger partial charge is 0.436 e. The number of ether oxygens (including phenoxy) is 1. The van der Waals surface area contributed by atoms with Gasteiger partial charge in [-0.15, -0.1) is 0 Å². The van der Waals surface area contributed by atoms with Crippen molar-refractivity contribution in [2.45, 2.75) is 32.4 Å². The van der Waals surface area contributed by atoms with E-state index in [1.54, 1.807) is 13.8 Å². The van der Waals surface area contributed by atoms with Crippen LogP contribution in [0.25, 0.3) is 0 Å². The van der Waals surface area contributed by atoms with Gasteiger partial charge in [0.1, 0.15) is 5.76 Å². The second-order valence-corrected chi connectivity index (χ2v) is 3.72. The van der Waals surface area contributed by atoms with Gasteiger partial charge in [0.25, 0.3) is 0 Å². The van der Waals surface area contributed by atoms with Gasteiger partial charge in [-0.25, -0.2) is 4.98 Å². The van der Waals surface area contributed by atoms with Gasteiger partial charge in [0.2, 0.25) is 0 Å². The third-order valence-electron chi connectivity index (χ3n) is 2.01. The van der Waals surface area contributed by atoms with Crippen molar-refractivity contribution in [1.29, 1.82) is 0 Å². The van der Waals surface area contributed by atoms with Crippen LogP contribution in [0.1, 0.15) is 37.1 Å². The van der Waals surface area contributed by atoms with Gasteiger partial charge in [-0.3, -0.25) is 0 Å². The summed E-state index contributed by atoms with van der Waals surface area (Å²) in [5, 5.41) is 0. The number of halogens is 3. The van der Waals surface area contributed by atoms with Crippen molar-refractivity contribution < 1.29 is 22.3 Å². The van der Waals surface area contributed by atoms with E-state index in [0.29, 0.717) is 0 Å². The van der Waals surface area contributed by atoms with Gasteiger partial charge in [-0.2, -0.15) is 13.2 Å². The second kappa shape index (κ2) is 4.86. The van der Waals surface area contributed by atoms with Gasteiger partial charge in [0, 0.05) is 19.4 Å². The molecule has 0 saturated heterocycles. The number of alkyl halides is 3. The highest BCUT2D eigenvalue weighted by Crippen LogP contribution is 2.35. The van der Waals surface area contributed by atoms with Gasteiger partial charge in [-0.1, -0.05) is 13.8 Å². The molecule has 0 fully saturated rings. The molecule has 3 nitrogen and oxygen atoms in total. The molecule has 92 valence electrons. The molecule has 0 bridgehead atoms. The zero-order chi connectivity index (χ0) is 12.3. The molecule has 0 amide bonds. The second-order valence-electron chi connectivity index (χ2n) is 3.72. The summed E-state index contributed by atoms with van der Waals surface area (Å²) in [6, 6.07) is 0. The van der Waals surface area contributed by atoms with Crippen LogP contribution >= 0.6 is 0 Å². The minimum atomic E-state index is -4.46. The highest BCUT2D eigenvalue weighted by Gasteiger charge is 2.39. The Hall–Kier alpha value is -1.04. The lowest BCUT2D eigenvalue weighted by atomic mass is 10.1. The molecule has 0 aliphatic rings.